The van der Waals surface area contributed by atoms with E-state index in [4.69, 9.17) is 4.74 Å². The second-order valence-corrected chi connectivity index (χ2v) is 5.37. The minimum absolute atomic E-state index is 0.147. The fraction of sp³-hybridized carbons (Fsp3) is 0.571. The van der Waals surface area contributed by atoms with Crippen molar-refractivity contribution >= 4 is 0 Å². The monoisotopic (exact) mass is 289 g/mol. The van der Waals surface area contributed by atoms with Crippen molar-refractivity contribution in [3.63, 3.8) is 0 Å². The highest BCUT2D eigenvalue weighted by atomic mass is 19.4. The van der Waals surface area contributed by atoms with E-state index in [-0.39, 0.29) is 12.4 Å². The number of nitrogens with zero attached hydrogens (tertiary/aromatic N) is 1. The van der Waals surface area contributed by atoms with Crippen LogP contribution in [0.1, 0.15) is 18.9 Å². The van der Waals surface area contributed by atoms with Crippen molar-refractivity contribution < 1.29 is 23.0 Å². The van der Waals surface area contributed by atoms with Gasteiger partial charge in [0.1, 0.15) is 12.4 Å². The Kier molecular flexibility index (Phi) is 4.25. The topological polar surface area (TPSA) is 32.7 Å². The molecular weight excluding hydrogens is 271 g/mol. The molecule has 3 nitrogen and oxygen atoms in total. The molecule has 1 aromatic carbocycles. The van der Waals surface area contributed by atoms with E-state index in [1.165, 1.54) is 18.2 Å². The van der Waals surface area contributed by atoms with E-state index in [0.717, 1.165) is 12.6 Å². The Bertz CT molecular complexity index is 460. The molecule has 112 valence electrons. The molecule has 2 rings (SSSR count). The number of hydrogen-bond donors (Lipinski definition) is 1. The third-order valence-corrected chi connectivity index (χ3v) is 3.39. The zero-order chi connectivity index (χ0) is 14.8. The number of rotatable bonds is 4. The Balaban J connectivity index is 1.89. The summed E-state index contributed by atoms with van der Waals surface area (Å²) in [6.07, 6.45) is -3.74. The first-order chi connectivity index (χ1) is 9.28. The molecule has 1 saturated heterocycles. The van der Waals surface area contributed by atoms with E-state index >= 15 is 0 Å². The number of hydrogen-bond acceptors (Lipinski definition) is 3. The van der Waals surface area contributed by atoms with E-state index < -0.39 is 17.3 Å². The van der Waals surface area contributed by atoms with Crippen LogP contribution in [0.4, 0.5) is 13.2 Å². The minimum Gasteiger partial charge on any atom is -0.492 e. The smallest absolute Gasteiger partial charge is 0.419 e. The molecule has 0 bridgehead atoms. The molecule has 1 fully saturated rings. The lowest BCUT2D eigenvalue weighted by atomic mass is 10.1. The van der Waals surface area contributed by atoms with E-state index in [1.54, 1.807) is 6.92 Å². The molecule has 0 spiro atoms. The third-order valence-electron chi connectivity index (χ3n) is 3.39. The van der Waals surface area contributed by atoms with Crippen LogP contribution in [0.5, 0.6) is 5.75 Å². The number of alkyl halides is 3. The van der Waals surface area contributed by atoms with E-state index in [0.29, 0.717) is 19.5 Å². The summed E-state index contributed by atoms with van der Waals surface area (Å²) in [5, 5.41) is 9.80. The molecule has 0 aliphatic carbocycles. The summed E-state index contributed by atoms with van der Waals surface area (Å²) >= 11 is 0. The van der Waals surface area contributed by atoms with Crippen LogP contribution in [0.3, 0.4) is 0 Å². The van der Waals surface area contributed by atoms with E-state index in [1.807, 2.05) is 4.90 Å². The lowest BCUT2D eigenvalue weighted by Gasteiger charge is -2.19. The van der Waals surface area contributed by atoms with Crippen molar-refractivity contribution in [1.82, 2.24) is 4.90 Å². The largest absolute Gasteiger partial charge is 0.492 e. The molecule has 0 aromatic heterocycles. The van der Waals surface area contributed by atoms with Crippen LogP contribution in [0.15, 0.2) is 24.3 Å². The van der Waals surface area contributed by atoms with Gasteiger partial charge in [0.25, 0.3) is 0 Å². The number of para-hydroxylation sites is 1. The summed E-state index contributed by atoms with van der Waals surface area (Å²) in [5.74, 6) is -0.147. The maximum absolute atomic E-state index is 12.8. The molecule has 1 unspecified atom stereocenters. The molecule has 0 amide bonds. The molecular formula is C14H18F3NO2. The average molecular weight is 289 g/mol. The number of benzene rings is 1. The van der Waals surface area contributed by atoms with Crippen LogP contribution in [0.2, 0.25) is 0 Å². The summed E-state index contributed by atoms with van der Waals surface area (Å²) in [7, 11) is 0. The first-order valence-electron chi connectivity index (χ1n) is 6.52. The third kappa shape index (κ3) is 3.86. The Hall–Kier alpha value is -1.27. The van der Waals surface area contributed by atoms with Gasteiger partial charge in [-0.1, -0.05) is 12.1 Å². The fourth-order valence-electron chi connectivity index (χ4n) is 2.34. The van der Waals surface area contributed by atoms with Crippen LogP contribution < -0.4 is 4.74 Å². The maximum atomic E-state index is 12.8. The highest BCUT2D eigenvalue weighted by molar-refractivity contribution is 5.35. The predicted octanol–water partition coefficient (Wildman–Crippen LogP) is 2.54. The van der Waals surface area contributed by atoms with Gasteiger partial charge >= 0.3 is 6.18 Å². The van der Waals surface area contributed by atoms with Gasteiger partial charge in [-0.25, -0.2) is 0 Å². The molecule has 1 aliphatic rings. The van der Waals surface area contributed by atoms with E-state index in [2.05, 4.69) is 0 Å². The number of likely N-dealkylation sites (tertiary alicyclic amines) is 1. The van der Waals surface area contributed by atoms with Gasteiger partial charge in [0, 0.05) is 19.6 Å². The van der Waals surface area contributed by atoms with Crippen LogP contribution in [0, 0.1) is 0 Å². The summed E-state index contributed by atoms with van der Waals surface area (Å²) in [6, 6.07) is 5.19. The molecule has 1 atom stereocenters. The van der Waals surface area contributed by atoms with Crippen molar-refractivity contribution in [2.45, 2.75) is 25.1 Å². The van der Waals surface area contributed by atoms with Gasteiger partial charge < -0.3 is 9.84 Å². The molecule has 1 aromatic rings. The fourth-order valence-corrected chi connectivity index (χ4v) is 2.34. The quantitative estimate of drug-likeness (QED) is 0.924. The molecule has 6 heteroatoms. The van der Waals surface area contributed by atoms with Crippen molar-refractivity contribution in [2.75, 3.05) is 26.2 Å². The van der Waals surface area contributed by atoms with Gasteiger partial charge in [-0.05, 0) is 25.5 Å². The van der Waals surface area contributed by atoms with Gasteiger partial charge in [-0.3, -0.25) is 4.90 Å². The standard InChI is InChI=1S/C14H18F3NO2/c1-13(19)6-7-18(10-13)8-9-20-12-5-3-2-4-11(12)14(15,16)17/h2-5,19H,6-10H2,1H3. The number of β-amino-alcohol motifs (C(OH)–C–C–N with tert-alkyl or cyclic N) is 1. The van der Waals surface area contributed by atoms with Crippen molar-refractivity contribution in [3.8, 4) is 5.75 Å². The first kappa shape index (κ1) is 15.1. The molecule has 1 aliphatic heterocycles. The summed E-state index contributed by atoms with van der Waals surface area (Å²) < 4.78 is 43.5. The highest BCUT2D eigenvalue weighted by Gasteiger charge is 2.34. The molecule has 0 radical (unpaired) electrons. The number of ether oxygens (including phenoxy) is 1. The van der Waals surface area contributed by atoms with E-state index in [9.17, 15) is 18.3 Å². The lowest BCUT2D eigenvalue weighted by Crippen LogP contribution is -2.32. The summed E-state index contributed by atoms with van der Waals surface area (Å²) in [5.41, 5.74) is -1.46. The molecule has 1 heterocycles. The van der Waals surface area contributed by atoms with Crippen LogP contribution in [-0.2, 0) is 6.18 Å². The van der Waals surface area contributed by atoms with Crippen molar-refractivity contribution in [2.24, 2.45) is 0 Å². The second kappa shape index (κ2) is 5.61. The minimum atomic E-state index is -4.41. The van der Waals surface area contributed by atoms with Crippen LogP contribution >= 0.6 is 0 Å². The van der Waals surface area contributed by atoms with Crippen LogP contribution in [0.25, 0.3) is 0 Å². The number of halogens is 3. The lowest BCUT2D eigenvalue weighted by molar-refractivity contribution is -0.139. The number of aliphatic hydroxyl groups is 1. The highest BCUT2D eigenvalue weighted by Crippen LogP contribution is 2.35. The zero-order valence-electron chi connectivity index (χ0n) is 11.3. The SMILES string of the molecule is CC1(O)CCN(CCOc2ccccc2C(F)(F)F)C1. The second-order valence-electron chi connectivity index (χ2n) is 5.37. The zero-order valence-corrected chi connectivity index (χ0v) is 11.3. The summed E-state index contributed by atoms with van der Waals surface area (Å²) in [6.45, 7) is 3.69. The van der Waals surface area contributed by atoms with Crippen LogP contribution in [-0.4, -0.2) is 41.8 Å². The Morgan fingerprint density at radius 3 is 2.65 bits per heavy atom. The molecule has 20 heavy (non-hydrogen) atoms. The maximum Gasteiger partial charge on any atom is 0.419 e. The van der Waals surface area contributed by atoms with Crippen molar-refractivity contribution in [1.29, 1.82) is 0 Å². The Labute approximate surface area is 116 Å². The van der Waals surface area contributed by atoms with Crippen molar-refractivity contribution in [3.05, 3.63) is 29.8 Å². The van der Waals surface area contributed by atoms with Gasteiger partial charge in [0.2, 0.25) is 0 Å². The normalized spacial score (nSPS) is 24.1. The Morgan fingerprint density at radius 1 is 1.35 bits per heavy atom. The summed E-state index contributed by atoms with van der Waals surface area (Å²) in [4.78, 5) is 1.98. The predicted molar refractivity (Wildman–Crippen MR) is 68.6 cm³/mol. The van der Waals surface area contributed by atoms with Gasteiger partial charge in [-0.15, -0.1) is 0 Å². The molecule has 0 saturated carbocycles. The van der Waals surface area contributed by atoms with Gasteiger partial charge in [0.05, 0.1) is 11.2 Å². The van der Waals surface area contributed by atoms with Gasteiger partial charge in [-0.2, -0.15) is 13.2 Å². The molecule has 1 N–H and O–H groups in total. The Morgan fingerprint density at radius 2 is 2.05 bits per heavy atom. The van der Waals surface area contributed by atoms with Gasteiger partial charge in [0.15, 0.2) is 0 Å². The average Bonchev–Trinajstić information content (AvgIpc) is 2.68. The first-order valence-corrected chi connectivity index (χ1v) is 6.52.